The van der Waals surface area contributed by atoms with Gasteiger partial charge in [0.1, 0.15) is 23.7 Å². The predicted molar refractivity (Wildman–Crippen MR) is 90.6 cm³/mol. The highest BCUT2D eigenvalue weighted by Gasteiger charge is 2.56. The van der Waals surface area contributed by atoms with Crippen LogP contribution in [-0.4, -0.2) is 45.6 Å². The van der Waals surface area contributed by atoms with Gasteiger partial charge in [0.15, 0.2) is 21.9 Å². The number of benzene rings is 1. The van der Waals surface area contributed by atoms with Crippen molar-refractivity contribution >= 4 is 15.6 Å². The van der Waals surface area contributed by atoms with Gasteiger partial charge in [-0.1, -0.05) is 17.7 Å². The Hall–Kier alpha value is -1.70. The number of rotatable bonds is 4. The lowest BCUT2D eigenvalue weighted by molar-refractivity contribution is -0.142. The zero-order chi connectivity index (χ0) is 18.4. The number of ketones is 1. The van der Waals surface area contributed by atoms with Crippen LogP contribution in [-0.2, 0) is 28.8 Å². The summed E-state index contributed by atoms with van der Waals surface area (Å²) < 4.78 is 43.4. The van der Waals surface area contributed by atoms with E-state index >= 15 is 0 Å². The van der Waals surface area contributed by atoms with Crippen LogP contribution >= 0.6 is 0 Å². The molecule has 3 rings (SSSR count). The number of fused-ring (bicyclic) bond motifs is 2. The van der Waals surface area contributed by atoms with Gasteiger partial charge in [-0.2, -0.15) is 0 Å². The van der Waals surface area contributed by atoms with Gasteiger partial charge >= 0.3 is 0 Å². The highest BCUT2D eigenvalue weighted by Crippen LogP contribution is 2.43. The predicted octanol–water partition coefficient (Wildman–Crippen LogP) is 2.02. The van der Waals surface area contributed by atoms with E-state index < -0.39 is 33.4 Å². The standard InChI is InChI=1S/C18H22O6S/c1-10-5-7-13(8-6-10)25(20,21)17-14-9-23-12(3)15(11(2)19)16(17)18(22-4)24-14/h5-8,14,16-18H,9H2,1-4H3/t14-,16+,17?,18+/m1/s1. The third-order valence-corrected chi connectivity index (χ3v) is 7.06. The molecule has 6 nitrogen and oxygen atoms in total. The van der Waals surface area contributed by atoms with Crippen molar-refractivity contribution in [2.45, 2.75) is 43.3 Å². The van der Waals surface area contributed by atoms with E-state index in [1.54, 1.807) is 31.2 Å². The van der Waals surface area contributed by atoms with Gasteiger partial charge in [0.25, 0.3) is 0 Å². The smallest absolute Gasteiger partial charge is 0.184 e. The second-order valence-corrected chi connectivity index (χ2v) is 8.57. The van der Waals surface area contributed by atoms with Crippen LogP contribution in [0.5, 0.6) is 0 Å². The van der Waals surface area contributed by atoms with Crippen LogP contribution in [0.15, 0.2) is 40.5 Å². The quantitative estimate of drug-likeness (QED) is 0.811. The summed E-state index contributed by atoms with van der Waals surface area (Å²) in [6.07, 6.45) is -1.50. The summed E-state index contributed by atoms with van der Waals surface area (Å²) in [6, 6.07) is 6.68. The normalized spacial score (nSPS) is 29.3. The first-order valence-electron chi connectivity index (χ1n) is 8.10. The number of ether oxygens (including phenoxy) is 3. The van der Waals surface area contributed by atoms with Crippen LogP contribution in [0.1, 0.15) is 19.4 Å². The number of hydrogen-bond acceptors (Lipinski definition) is 6. The fraction of sp³-hybridized carbons (Fsp3) is 0.500. The van der Waals surface area contributed by atoms with Crippen LogP contribution in [0.2, 0.25) is 0 Å². The fourth-order valence-electron chi connectivity index (χ4n) is 3.64. The summed E-state index contributed by atoms with van der Waals surface area (Å²) in [4.78, 5) is 12.4. The molecule has 136 valence electrons. The first kappa shape index (κ1) is 18.1. The van der Waals surface area contributed by atoms with Crippen molar-refractivity contribution in [3.8, 4) is 0 Å². The van der Waals surface area contributed by atoms with E-state index in [9.17, 15) is 13.2 Å². The Bertz CT molecular complexity index is 808. The molecule has 25 heavy (non-hydrogen) atoms. The average molecular weight is 366 g/mol. The zero-order valence-corrected chi connectivity index (χ0v) is 15.5. The molecule has 1 aromatic carbocycles. The summed E-state index contributed by atoms with van der Waals surface area (Å²) in [5.41, 5.74) is 1.30. The molecule has 0 aromatic heterocycles. The van der Waals surface area contributed by atoms with Crippen LogP contribution < -0.4 is 0 Å². The molecule has 0 N–H and O–H groups in total. The van der Waals surface area contributed by atoms with Crippen molar-refractivity contribution in [1.29, 1.82) is 0 Å². The van der Waals surface area contributed by atoms with Gasteiger partial charge in [0, 0.05) is 12.7 Å². The lowest BCUT2D eigenvalue weighted by Gasteiger charge is -2.24. The molecule has 0 spiro atoms. The molecule has 2 heterocycles. The third kappa shape index (κ3) is 3.01. The molecule has 1 aromatic rings. The van der Waals surface area contributed by atoms with Gasteiger partial charge in [-0.3, -0.25) is 4.79 Å². The second-order valence-electron chi connectivity index (χ2n) is 6.46. The maximum atomic E-state index is 13.3. The molecule has 1 saturated heterocycles. The first-order chi connectivity index (χ1) is 11.8. The Labute approximate surface area is 147 Å². The molecule has 7 heteroatoms. The molecule has 2 bridgehead atoms. The number of allylic oxidation sites excluding steroid dienone is 1. The van der Waals surface area contributed by atoms with Crippen LogP contribution in [0, 0.1) is 12.8 Å². The SMILES string of the molecule is CO[C@H]1O[C@@H]2COC(C)=C(C(C)=O)[C@H]1C2S(=O)(=O)c1ccc(C)cc1. The number of aryl methyl sites for hydroxylation is 1. The molecule has 1 fully saturated rings. The maximum Gasteiger partial charge on any atom is 0.184 e. The molecular weight excluding hydrogens is 344 g/mol. The molecule has 0 radical (unpaired) electrons. The molecule has 0 aliphatic carbocycles. The molecule has 4 atom stereocenters. The van der Waals surface area contributed by atoms with E-state index in [0.717, 1.165) is 5.56 Å². The van der Waals surface area contributed by atoms with Gasteiger partial charge in [-0.15, -0.1) is 0 Å². The Morgan fingerprint density at radius 2 is 1.84 bits per heavy atom. The summed E-state index contributed by atoms with van der Waals surface area (Å²) in [5.74, 6) is -0.518. The number of methoxy groups -OCH3 is 1. The number of Topliss-reactive ketones (excluding diaryl/α,β-unsaturated/α-hetero) is 1. The lowest BCUT2D eigenvalue weighted by atomic mass is 9.91. The topological polar surface area (TPSA) is 78.9 Å². The number of carbonyl (C=O) groups is 1. The summed E-state index contributed by atoms with van der Waals surface area (Å²) >= 11 is 0. The highest BCUT2D eigenvalue weighted by molar-refractivity contribution is 7.92. The molecule has 0 saturated carbocycles. The van der Waals surface area contributed by atoms with Crippen molar-refractivity contribution < 1.29 is 27.4 Å². The van der Waals surface area contributed by atoms with E-state index in [0.29, 0.717) is 11.3 Å². The molecular formula is C18H22O6S. The van der Waals surface area contributed by atoms with E-state index in [4.69, 9.17) is 14.2 Å². The minimum absolute atomic E-state index is 0.0642. The Morgan fingerprint density at radius 3 is 2.40 bits per heavy atom. The first-order valence-corrected chi connectivity index (χ1v) is 9.65. The molecule has 0 amide bonds. The van der Waals surface area contributed by atoms with E-state index in [1.165, 1.54) is 14.0 Å². The van der Waals surface area contributed by atoms with Gasteiger partial charge in [0.05, 0.1) is 10.8 Å². The van der Waals surface area contributed by atoms with Crippen LogP contribution in [0.3, 0.4) is 0 Å². The van der Waals surface area contributed by atoms with E-state index in [-0.39, 0.29) is 17.3 Å². The van der Waals surface area contributed by atoms with Crippen molar-refractivity contribution in [3.05, 3.63) is 41.2 Å². The Morgan fingerprint density at radius 1 is 1.20 bits per heavy atom. The number of hydrogen-bond donors (Lipinski definition) is 0. The largest absolute Gasteiger partial charge is 0.495 e. The van der Waals surface area contributed by atoms with Crippen molar-refractivity contribution in [2.24, 2.45) is 5.92 Å². The second kappa shape index (κ2) is 6.55. The van der Waals surface area contributed by atoms with Gasteiger partial charge in [-0.05, 0) is 32.9 Å². The minimum Gasteiger partial charge on any atom is -0.495 e. The summed E-state index contributed by atoms with van der Waals surface area (Å²) in [5, 5.41) is -0.934. The van der Waals surface area contributed by atoms with E-state index in [2.05, 4.69) is 0 Å². The maximum absolute atomic E-state index is 13.3. The number of sulfone groups is 1. The zero-order valence-electron chi connectivity index (χ0n) is 14.7. The molecule has 2 aliphatic rings. The Balaban J connectivity index is 2.14. The Kier molecular flexibility index (Phi) is 4.74. The lowest BCUT2D eigenvalue weighted by Crippen LogP contribution is -2.38. The van der Waals surface area contributed by atoms with Crippen LogP contribution in [0.25, 0.3) is 0 Å². The van der Waals surface area contributed by atoms with Gasteiger partial charge in [-0.25, -0.2) is 8.42 Å². The minimum atomic E-state index is -3.74. The molecule has 2 aliphatic heterocycles. The van der Waals surface area contributed by atoms with Crippen LogP contribution in [0.4, 0.5) is 0 Å². The average Bonchev–Trinajstić information content (AvgIpc) is 2.83. The van der Waals surface area contributed by atoms with Gasteiger partial charge in [0.2, 0.25) is 0 Å². The van der Waals surface area contributed by atoms with E-state index in [1.807, 2.05) is 6.92 Å². The summed E-state index contributed by atoms with van der Waals surface area (Å²) in [7, 11) is -2.29. The van der Waals surface area contributed by atoms with Crippen molar-refractivity contribution in [3.63, 3.8) is 0 Å². The molecule has 1 unspecified atom stereocenters. The fourth-order valence-corrected chi connectivity index (χ4v) is 5.66. The van der Waals surface area contributed by atoms with Crippen molar-refractivity contribution in [2.75, 3.05) is 13.7 Å². The summed E-state index contributed by atoms with van der Waals surface area (Å²) in [6.45, 7) is 5.04. The number of carbonyl (C=O) groups excluding carboxylic acids is 1. The van der Waals surface area contributed by atoms with Gasteiger partial charge < -0.3 is 14.2 Å². The highest BCUT2D eigenvalue weighted by atomic mass is 32.2. The third-order valence-electron chi connectivity index (χ3n) is 4.82. The monoisotopic (exact) mass is 366 g/mol. The van der Waals surface area contributed by atoms with Crippen molar-refractivity contribution in [1.82, 2.24) is 0 Å².